The van der Waals surface area contributed by atoms with Gasteiger partial charge in [0.2, 0.25) is 5.91 Å². The van der Waals surface area contributed by atoms with Crippen molar-refractivity contribution < 1.29 is 14.3 Å². The first-order valence-corrected chi connectivity index (χ1v) is 5.91. The third kappa shape index (κ3) is 5.14. The molecule has 0 saturated carbocycles. The lowest BCUT2D eigenvalue weighted by Crippen LogP contribution is -2.14. The fourth-order valence-corrected chi connectivity index (χ4v) is 1.66. The molecule has 7 heteroatoms. The van der Waals surface area contributed by atoms with Crippen molar-refractivity contribution in [2.24, 2.45) is 5.73 Å². The molecule has 19 heavy (non-hydrogen) atoms. The normalized spacial score (nSPS) is 9.47. The molecule has 0 aliphatic heterocycles. The molecule has 1 aromatic rings. The Balaban J connectivity index is 0.00000324. The van der Waals surface area contributed by atoms with Gasteiger partial charge >= 0.3 is 0 Å². The Hall–Kier alpha value is -1.17. The highest BCUT2D eigenvalue weighted by atomic mass is 35.5. The van der Waals surface area contributed by atoms with Crippen LogP contribution in [0.5, 0.6) is 11.5 Å². The van der Waals surface area contributed by atoms with E-state index in [2.05, 4.69) is 5.32 Å². The monoisotopic (exact) mass is 308 g/mol. The van der Waals surface area contributed by atoms with Crippen LogP contribution in [0.4, 0.5) is 5.69 Å². The fraction of sp³-hybridized carbons (Fsp3) is 0.417. The van der Waals surface area contributed by atoms with Gasteiger partial charge in [0, 0.05) is 18.6 Å². The topological polar surface area (TPSA) is 73.6 Å². The molecule has 1 rings (SSSR count). The molecule has 1 amide bonds. The number of rotatable bonds is 6. The van der Waals surface area contributed by atoms with Crippen LogP contribution in [0.3, 0.4) is 0 Å². The molecule has 0 fully saturated rings. The van der Waals surface area contributed by atoms with Crippen LogP contribution in [0.25, 0.3) is 0 Å². The molecule has 0 aliphatic rings. The maximum absolute atomic E-state index is 11.6. The molecule has 0 aliphatic carbocycles. The van der Waals surface area contributed by atoms with Crippen LogP contribution in [0, 0.1) is 0 Å². The minimum absolute atomic E-state index is 0. The van der Waals surface area contributed by atoms with Gasteiger partial charge in [-0.3, -0.25) is 4.79 Å². The molecule has 0 spiro atoms. The van der Waals surface area contributed by atoms with E-state index in [0.717, 1.165) is 0 Å². The summed E-state index contributed by atoms with van der Waals surface area (Å²) in [6, 6.07) is 3.22. The van der Waals surface area contributed by atoms with E-state index in [0.29, 0.717) is 41.6 Å². The SMILES string of the molecule is COc1cc(NC(=O)CCCN)c(OC)cc1Cl.Cl. The lowest BCUT2D eigenvalue weighted by atomic mass is 10.2. The van der Waals surface area contributed by atoms with Crippen LogP contribution in [0.15, 0.2) is 12.1 Å². The second-order valence-electron chi connectivity index (χ2n) is 3.63. The third-order valence-corrected chi connectivity index (χ3v) is 2.65. The Bertz CT molecular complexity index is 428. The van der Waals surface area contributed by atoms with Gasteiger partial charge in [0.1, 0.15) is 11.5 Å². The molecule has 0 atom stereocenters. The summed E-state index contributed by atoms with van der Waals surface area (Å²) in [7, 11) is 3.02. The maximum Gasteiger partial charge on any atom is 0.224 e. The zero-order chi connectivity index (χ0) is 13.5. The summed E-state index contributed by atoms with van der Waals surface area (Å²) in [6.45, 7) is 0.481. The van der Waals surface area contributed by atoms with E-state index in [1.54, 1.807) is 12.1 Å². The third-order valence-electron chi connectivity index (χ3n) is 2.36. The predicted molar refractivity (Wildman–Crippen MR) is 78.7 cm³/mol. The lowest BCUT2D eigenvalue weighted by molar-refractivity contribution is -0.116. The van der Waals surface area contributed by atoms with Crippen molar-refractivity contribution in [1.29, 1.82) is 0 Å². The van der Waals surface area contributed by atoms with Gasteiger partial charge < -0.3 is 20.5 Å². The van der Waals surface area contributed by atoms with Gasteiger partial charge in [-0.05, 0) is 13.0 Å². The zero-order valence-corrected chi connectivity index (χ0v) is 12.4. The van der Waals surface area contributed by atoms with E-state index in [9.17, 15) is 4.79 Å². The summed E-state index contributed by atoms with van der Waals surface area (Å²) >= 11 is 5.97. The van der Waals surface area contributed by atoms with Crippen molar-refractivity contribution in [2.75, 3.05) is 26.1 Å². The second kappa shape index (κ2) is 8.85. The standard InChI is InChI=1S/C12H17ClN2O3.ClH/c1-17-10-7-9(11(18-2)6-8(10)13)15-12(16)4-3-5-14;/h6-7H,3-5,14H2,1-2H3,(H,15,16);1H. The number of hydrogen-bond donors (Lipinski definition) is 2. The second-order valence-corrected chi connectivity index (χ2v) is 4.03. The minimum atomic E-state index is -0.122. The van der Waals surface area contributed by atoms with Crippen LogP contribution in [0.2, 0.25) is 5.02 Å². The quantitative estimate of drug-likeness (QED) is 0.846. The minimum Gasteiger partial charge on any atom is -0.495 e. The van der Waals surface area contributed by atoms with Gasteiger partial charge in [-0.1, -0.05) is 11.6 Å². The highest BCUT2D eigenvalue weighted by Crippen LogP contribution is 2.35. The summed E-state index contributed by atoms with van der Waals surface area (Å²) in [5, 5.41) is 3.17. The average Bonchev–Trinajstić information content (AvgIpc) is 2.37. The highest BCUT2D eigenvalue weighted by Gasteiger charge is 2.12. The number of hydrogen-bond acceptors (Lipinski definition) is 4. The van der Waals surface area contributed by atoms with Gasteiger partial charge in [-0.25, -0.2) is 0 Å². The van der Waals surface area contributed by atoms with Gasteiger partial charge in [-0.2, -0.15) is 0 Å². The smallest absolute Gasteiger partial charge is 0.224 e. The Kier molecular flexibility index (Phi) is 8.30. The first-order valence-electron chi connectivity index (χ1n) is 5.53. The Morgan fingerprint density at radius 2 is 1.95 bits per heavy atom. The van der Waals surface area contributed by atoms with Crippen LogP contribution in [-0.2, 0) is 4.79 Å². The predicted octanol–water partition coefficient (Wildman–Crippen LogP) is 2.46. The number of carbonyl (C=O) groups excluding carboxylic acids is 1. The van der Waals surface area contributed by atoms with Crippen LogP contribution < -0.4 is 20.5 Å². The Morgan fingerprint density at radius 1 is 1.32 bits per heavy atom. The number of carbonyl (C=O) groups is 1. The van der Waals surface area contributed by atoms with Crippen LogP contribution in [0.1, 0.15) is 12.8 Å². The van der Waals surface area contributed by atoms with Gasteiger partial charge in [0.25, 0.3) is 0 Å². The number of nitrogens with two attached hydrogens (primary N) is 1. The van der Waals surface area contributed by atoms with E-state index in [1.807, 2.05) is 0 Å². The van der Waals surface area contributed by atoms with Crippen molar-refractivity contribution in [3.8, 4) is 11.5 Å². The molecule has 0 saturated heterocycles. The van der Waals surface area contributed by atoms with E-state index in [1.165, 1.54) is 14.2 Å². The van der Waals surface area contributed by atoms with Gasteiger partial charge in [0.15, 0.2) is 0 Å². The molecule has 0 heterocycles. The number of nitrogens with one attached hydrogen (secondary N) is 1. The zero-order valence-electron chi connectivity index (χ0n) is 10.9. The number of halogens is 2. The van der Waals surface area contributed by atoms with Crippen molar-refractivity contribution in [3.05, 3.63) is 17.2 Å². The van der Waals surface area contributed by atoms with E-state index >= 15 is 0 Å². The molecule has 0 unspecified atom stereocenters. The molecule has 3 N–H and O–H groups in total. The molecular weight excluding hydrogens is 291 g/mol. The molecule has 108 valence electrons. The van der Waals surface area contributed by atoms with Crippen molar-refractivity contribution >= 4 is 35.6 Å². The fourth-order valence-electron chi connectivity index (χ4n) is 1.43. The summed E-state index contributed by atoms with van der Waals surface area (Å²) in [5.74, 6) is 0.844. The molecule has 0 aromatic heterocycles. The summed E-state index contributed by atoms with van der Waals surface area (Å²) < 4.78 is 10.2. The summed E-state index contributed by atoms with van der Waals surface area (Å²) in [4.78, 5) is 11.6. The molecule has 0 bridgehead atoms. The largest absolute Gasteiger partial charge is 0.495 e. The number of benzene rings is 1. The molecule has 1 aromatic carbocycles. The van der Waals surface area contributed by atoms with Gasteiger partial charge in [-0.15, -0.1) is 12.4 Å². The highest BCUT2D eigenvalue weighted by molar-refractivity contribution is 6.32. The van der Waals surface area contributed by atoms with Crippen LogP contribution >= 0.6 is 24.0 Å². The number of anilines is 1. The first-order chi connectivity index (χ1) is 8.62. The van der Waals surface area contributed by atoms with Gasteiger partial charge in [0.05, 0.1) is 24.9 Å². The molecule has 0 radical (unpaired) electrons. The number of methoxy groups -OCH3 is 2. The van der Waals surface area contributed by atoms with E-state index < -0.39 is 0 Å². The molecule has 5 nitrogen and oxygen atoms in total. The van der Waals surface area contributed by atoms with Crippen molar-refractivity contribution in [2.45, 2.75) is 12.8 Å². The summed E-state index contributed by atoms with van der Waals surface area (Å²) in [6.07, 6.45) is 1.00. The van der Waals surface area contributed by atoms with Crippen molar-refractivity contribution in [3.63, 3.8) is 0 Å². The molecular formula is C12H18Cl2N2O3. The Morgan fingerprint density at radius 3 is 2.47 bits per heavy atom. The van der Waals surface area contributed by atoms with E-state index in [4.69, 9.17) is 26.8 Å². The summed E-state index contributed by atoms with van der Waals surface area (Å²) in [5.41, 5.74) is 5.88. The number of ether oxygens (including phenoxy) is 2. The van der Waals surface area contributed by atoms with Crippen molar-refractivity contribution in [1.82, 2.24) is 0 Å². The maximum atomic E-state index is 11.6. The first kappa shape index (κ1) is 17.8. The van der Waals surface area contributed by atoms with Crippen LogP contribution in [-0.4, -0.2) is 26.7 Å². The average molecular weight is 309 g/mol. The number of amides is 1. The lowest BCUT2D eigenvalue weighted by Gasteiger charge is -2.13. The Labute approximate surface area is 123 Å². The van der Waals surface area contributed by atoms with E-state index in [-0.39, 0.29) is 18.3 Å².